The molecular weight excluding hydrogens is 331 g/mol. The van der Waals surface area contributed by atoms with E-state index in [1.165, 1.54) is 6.07 Å². The highest BCUT2D eigenvalue weighted by molar-refractivity contribution is 9.09. The molecule has 0 aliphatic rings. The Morgan fingerprint density at radius 3 is 2.47 bits per heavy atom. The van der Waals surface area contributed by atoms with Crippen LogP contribution in [0.25, 0.3) is 0 Å². The third-order valence-corrected chi connectivity index (χ3v) is 4.13. The summed E-state index contributed by atoms with van der Waals surface area (Å²) < 4.78 is 18.8. The fourth-order valence-corrected chi connectivity index (χ4v) is 2.71. The molecule has 0 aromatic heterocycles. The molecule has 19 heavy (non-hydrogen) atoms. The third kappa shape index (κ3) is 3.48. The maximum absolute atomic E-state index is 13.7. The molecule has 0 saturated heterocycles. The van der Waals surface area contributed by atoms with Gasteiger partial charge in [-0.05, 0) is 36.2 Å². The van der Waals surface area contributed by atoms with Gasteiger partial charge in [-0.25, -0.2) is 4.39 Å². The molecule has 0 aliphatic carbocycles. The second-order valence-electron chi connectivity index (χ2n) is 4.15. The van der Waals surface area contributed by atoms with Gasteiger partial charge in [-0.1, -0.05) is 45.7 Å². The summed E-state index contributed by atoms with van der Waals surface area (Å²) in [6.45, 7) is 0. The van der Waals surface area contributed by atoms with Gasteiger partial charge in [-0.15, -0.1) is 0 Å². The first kappa shape index (κ1) is 14.4. The van der Waals surface area contributed by atoms with Crippen LogP contribution in [0.4, 0.5) is 4.39 Å². The van der Waals surface area contributed by atoms with E-state index < -0.39 is 0 Å². The van der Waals surface area contributed by atoms with Gasteiger partial charge in [0.1, 0.15) is 11.6 Å². The minimum absolute atomic E-state index is 0.00723. The molecule has 0 fully saturated rings. The van der Waals surface area contributed by atoms with E-state index in [1.54, 1.807) is 19.2 Å². The number of hydrogen-bond donors (Lipinski definition) is 0. The zero-order valence-corrected chi connectivity index (χ0v) is 12.7. The summed E-state index contributed by atoms with van der Waals surface area (Å²) >= 11 is 9.60. The fraction of sp³-hybridized carbons (Fsp3) is 0.200. The first-order valence-electron chi connectivity index (χ1n) is 5.82. The van der Waals surface area contributed by atoms with Crippen molar-refractivity contribution in [1.29, 1.82) is 0 Å². The molecule has 2 rings (SSSR count). The Balaban J connectivity index is 2.18. The lowest BCUT2D eigenvalue weighted by atomic mass is 10.0. The van der Waals surface area contributed by atoms with Crippen LogP contribution < -0.4 is 4.74 Å². The van der Waals surface area contributed by atoms with Gasteiger partial charge < -0.3 is 4.74 Å². The Morgan fingerprint density at radius 2 is 1.89 bits per heavy atom. The Hall–Kier alpha value is -1.06. The molecular formula is C15H13BrClFO. The van der Waals surface area contributed by atoms with E-state index in [1.807, 2.05) is 24.3 Å². The van der Waals surface area contributed by atoms with Gasteiger partial charge in [0.15, 0.2) is 0 Å². The lowest BCUT2D eigenvalue weighted by molar-refractivity contribution is 0.414. The van der Waals surface area contributed by atoms with Crippen molar-refractivity contribution in [3.05, 3.63) is 64.4 Å². The van der Waals surface area contributed by atoms with E-state index >= 15 is 0 Å². The van der Waals surface area contributed by atoms with Crippen molar-refractivity contribution >= 4 is 27.5 Å². The molecule has 2 aromatic rings. The van der Waals surface area contributed by atoms with Crippen LogP contribution in [0.2, 0.25) is 5.02 Å². The summed E-state index contributed by atoms with van der Waals surface area (Å²) in [4.78, 5) is 0.00723. The second-order valence-corrected chi connectivity index (χ2v) is 5.66. The van der Waals surface area contributed by atoms with Gasteiger partial charge >= 0.3 is 0 Å². The lowest BCUT2D eigenvalue weighted by Crippen LogP contribution is -1.99. The number of rotatable bonds is 4. The average Bonchev–Trinajstić information content (AvgIpc) is 2.43. The first-order chi connectivity index (χ1) is 9.11. The largest absolute Gasteiger partial charge is 0.497 e. The quantitative estimate of drug-likeness (QED) is 0.696. The van der Waals surface area contributed by atoms with Crippen molar-refractivity contribution in [1.82, 2.24) is 0 Å². The number of halogens is 3. The number of hydrogen-bond acceptors (Lipinski definition) is 1. The number of alkyl halides is 1. The molecule has 2 aromatic carbocycles. The van der Waals surface area contributed by atoms with Crippen molar-refractivity contribution in [2.45, 2.75) is 11.2 Å². The molecule has 0 N–H and O–H groups in total. The summed E-state index contributed by atoms with van der Waals surface area (Å²) in [7, 11) is 1.62. The van der Waals surface area contributed by atoms with Crippen molar-refractivity contribution < 1.29 is 9.13 Å². The van der Waals surface area contributed by atoms with E-state index in [-0.39, 0.29) is 10.6 Å². The topological polar surface area (TPSA) is 9.23 Å². The van der Waals surface area contributed by atoms with Gasteiger partial charge in [-0.3, -0.25) is 0 Å². The molecule has 4 heteroatoms. The van der Waals surface area contributed by atoms with Gasteiger partial charge in [0.25, 0.3) is 0 Å². The number of methoxy groups -OCH3 is 1. The van der Waals surface area contributed by atoms with Crippen LogP contribution in [0.5, 0.6) is 5.75 Å². The molecule has 0 amide bonds. The van der Waals surface area contributed by atoms with Crippen molar-refractivity contribution in [2.75, 3.05) is 7.11 Å². The molecule has 100 valence electrons. The predicted molar refractivity (Wildman–Crippen MR) is 79.8 cm³/mol. The summed E-state index contributed by atoms with van der Waals surface area (Å²) in [5, 5.41) is 0.456. The Labute approximate surface area is 125 Å². The van der Waals surface area contributed by atoms with Gasteiger partial charge in [-0.2, -0.15) is 0 Å². The van der Waals surface area contributed by atoms with Crippen molar-refractivity contribution in [2.24, 2.45) is 0 Å². The highest BCUT2D eigenvalue weighted by atomic mass is 79.9. The zero-order valence-electron chi connectivity index (χ0n) is 10.4. The molecule has 0 radical (unpaired) electrons. The average molecular weight is 344 g/mol. The minimum Gasteiger partial charge on any atom is -0.497 e. The monoisotopic (exact) mass is 342 g/mol. The fourth-order valence-electron chi connectivity index (χ4n) is 1.84. The Kier molecular flexibility index (Phi) is 4.83. The van der Waals surface area contributed by atoms with Gasteiger partial charge in [0.05, 0.1) is 7.11 Å². The van der Waals surface area contributed by atoms with Crippen molar-refractivity contribution in [3.8, 4) is 5.75 Å². The molecule has 1 atom stereocenters. The van der Waals surface area contributed by atoms with Crippen LogP contribution in [0, 0.1) is 5.82 Å². The molecule has 0 heterocycles. The van der Waals surface area contributed by atoms with Gasteiger partial charge in [0, 0.05) is 15.4 Å². The molecule has 0 spiro atoms. The summed E-state index contributed by atoms with van der Waals surface area (Å²) in [6, 6.07) is 12.4. The first-order valence-corrected chi connectivity index (χ1v) is 7.12. The van der Waals surface area contributed by atoms with Gasteiger partial charge in [0.2, 0.25) is 0 Å². The normalized spacial score (nSPS) is 12.2. The molecule has 0 aliphatic heterocycles. The van der Waals surface area contributed by atoms with E-state index in [9.17, 15) is 4.39 Å². The number of ether oxygens (including phenoxy) is 1. The van der Waals surface area contributed by atoms with E-state index in [0.29, 0.717) is 17.0 Å². The maximum Gasteiger partial charge on any atom is 0.127 e. The van der Waals surface area contributed by atoms with E-state index in [2.05, 4.69) is 15.9 Å². The van der Waals surface area contributed by atoms with Crippen LogP contribution >= 0.6 is 27.5 Å². The highest BCUT2D eigenvalue weighted by Gasteiger charge is 2.14. The smallest absolute Gasteiger partial charge is 0.127 e. The van der Waals surface area contributed by atoms with Crippen LogP contribution in [-0.4, -0.2) is 7.11 Å². The van der Waals surface area contributed by atoms with Crippen molar-refractivity contribution in [3.63, 3.8) is 0 Å². The minimum atomic E-state index is -0.273. The summed E-state index contributed by atoms with van der Waals surface area (Å²) in [5.41, 5.74) is 1.59. The standard InChI is InChI=1S/C15H13BrClFO/c1-19-11-7-5-10(6-8-11)13(16)9-12-14(17)3-2-4-15(12)18/h2-8,13H,9H2,1H3. The zero-order chi connectivity index (χ0) is 13.8. The molecule has 1 nitrogen and oxygen atoms in total. The predicted octanol–water partition coefficient (Wildman–Crippen LogP) is 5.17. The highest BCUT2D eigenvalue weighted by Crippen LogP contribution is 2.31. The van der Waals surface area contributed by atoms with E-state index in [0.717, 1.165) is 11.3 Å². The molecule has 1 unspecified atom stereocenters. The van der Waals surface area contributed by atoms with E-state index in [4.69, 9.17) is 16.3 Å². The van der Waals surface area contributed by atoms with Crippen LogP contribution in [-0.2, 0) is 6.42 Å². The Bertz CT molecular complexity index is 536. The maximum atomic E-state index is 13.7. The van der Waals surface area contributed by atoms with Crippen LogP contribution in [0.15, 0.2) is 42.5 Å². The SMILES string of the molecule is COc1ccc(C(Br)Cc2c(F)cccc2Cl)cc1. The Morgan fingerprint density at radius 1 is 1.21 bits per heavy atom. The van der Waals surface area contributed by atoms with Crippen LogP contribution in [0.3, 0.4) is 0 Å². The molecule has 0 saturated carbocycles. The third-order valence-electron chi connectivity index (χ3n) is 2.92. The molecule has 0 bridgehead atoms. The number of benzene rings is 2. The summed E-state index contributed by atoms with van der Waals surface area (Å²) in [6.07, 6.45) is 0.498. The van der Waals surface area contributed by atoms with Crippen LogP contribution in [0.1, 0.15) is 16.0 Å². The lowest BCUT2D eigenvalue weighted by Gasteiger charge is -2.13. The summed E-state index contributed by atoms with van der Waals surface area (Å²) in [5.74, 6) is 0.526. The second kappa shape index (κ2) is 6.40.